The maximum absolute atomic E-state index is 2.47. The topological polar surface area (TPSA) is 0 Å². The fourth-order valence-electron chi connectivity index (χ4n) is 1.66. The molecule has 0 atom stereocenters. The van der Waals surface area contributed by atoms with E-state index in [4.69, 9.17) is 0 Å². The molecule has 2 heteroatoms. The molecule has 2 aliphatic carbocycles. The predicted octanol–water partition coefficient (Wildman–Crippen LogP) is 3.76. The van der Waals surface area contributed by atoms with Crippen molar-refractivity contribution >= 4 is 12.4 Å². The van der Waals surface area contributed by atoms with E-state index in [2.05, 4.69) is 41.7 Å². The van der Waals surface area contributed by atoms with Gasteiger partial charge in [0.25, 0.3) is 0 Å². The van der Waals surface area contributed by atoms with Crippen LogP contribution < -0.4 is 0 Å². The molecule has 0 aromatic carbocycles. The summed E-state index contributed by atoms with van der Waals surface area (Å²) in [6.07, 6.45) is 16.1. The van der Waals surface area contributed by atoms with Gasteiger partial charge in [0.15, 0.2) is 0 Å². The molecule has 0 amide bonds. The Hall–Kier alpha value is -0.0357. The van der Waals surface area contributed by atoms with Gasteiger partial charge in [-0.25, -0.2) is 0 Å². The molecule has 0 N–H and O–H groups in total. The van der Waals surface area contributed by atoms with Gasteiger partial charge in [0.1, 0.15) is 0 Å². The monoisotopic (exact) mass is 229 g/mol. The van der Waals surface area contributed by atoms with Gasteiger partial charge in [-0.05, 0) is 0 Å². The van der Waals surface area contributed by atoms with E-state index < -0.39 is 17.9 Å². The first-order chi connectivity index (χ1) is 5.88. The maximum atomic E-state index is 2.47. The third kappa shape index (κ3) is 2.46. The second kappa shape index (κ2) is 5.00. The molecule has 69 valence electrons. The SMILES string of the molecule is Cl.[CH3][Ti]([C]1=CC=CC1)[C]1=CC=CC1. The van der Waals surface area contributed by atoms with Crippen LogP contribution in [0.3, 0.4) is 0 Å². The van der Waals surface area contributed by atoms with Crippen LogP contribution in [0.25, 0.3) is 0 Å². The van der Waals surface area contributed by atoms with Gasteiger partial charge < -0.3 is 0 Å². The Morgan fingerprint density at radius 3 is 1.77 bits per heavy atom. The summed E-state index contributed by atoms with van der Waals surface area (Å²) in [4.78, 5) is 0. The Morgan fingerprint density at radius 1 is 1.00 bits per heavy atom. The van der Waals surface area contributed by atoms with Gasteiger partial charge in [-0.2, -0.15) is 0 Å². The van der Waals surface area contributed by atoms with Gasteiger partial charge in [0, 0.05) is 0 Å². The van der Waals surface area contributed by atoms with E-state index in [1.807, 2.05) is 0 Å². The van der Waals surface area contributed by atoms with E-state index in [0.717, 1.165) is 0 Å². The van der Waals surface area contributed by atoms with Gasteiger partial charge >= 0.3 is 80.2 Å². The van der Waals surface area contributed by atoms with Crippen molar-refractivity contribution in [3.63, 3.8) is 0 Å². The van der Waals surface area contributed by atoms with Crippen LogP contribution in [0.5, 0.6) is 0 Å². The summed E-state index contributed by atoms with van der Waals surface area (Å²) < 4.78 is 3.45. The quantitative estimate of drug-likeness (QED) is 0.633. The molecule has 0 fully saturated rings. The van der Waals surface area contributed by atoms with E-state index in [1.54, 1.807) is 7.76 Å². The Labute approximate surface area is 92.3 Å². The summed E-state index contributed by atoms with van der Waals surface area (Å²) in [5.74, 6) is 0. The molecule has 0 nitrogen and oxygen atoms in total. The van der Waals surface area contributed by atoms with Crippen molar-refractivity contribution in [2.75, 3.05) is 0 Å². The summed E-state index contributed by atoms with van der Waals surface area (Å²) in [6.45, 7) is 0. The van der Waals surface area contributed by atoms with Crippen LogP contribution in [-0.4, -0.2) is 0 Å². The summed E-state index contributed by atoms with van der Waals surface area (Å²) in [5, 5.41) is 2.47. The van der Waals surface area contributed by atoms with Gasteiger partial charge in [0.2, 0.25) is 0 Å². The predicted molar refractivity (Wildman–Crippen MR) is 56.8 cm³/mol. The van der Waals surface area contributed by atoms with Gasteiger partial charge in [0.05, 0.1) is 0 Å². The van der Waals surface area contributed by atoms with Crippen LogP contribution in [0.1, 0.15) is 12.8 Å². The third-order valence-electron chi connectivity index (χ3n) is 2.51. The average Bonchev–Trinajstić information content (AvgIpc) is 2.77. The Bertz CT molecular complexity index is 267. The van der Waals surface area contributed by atoms with Crippen LogP contribution in [0.2, 0.25) is 5.23 Å². The number of hydrogen-bond donors (Lipinski definition) is 0. The molecule has 2 aliphatic rings. The Morgan fingerprint density at radius 2 is 1.46 bits per heavy atom. The van der Waals surface area contributed by atoms with Gasteiger partial charge in [-0.1, -0.05) is 0 Å². The molecular formula is C11H14ClTi. The molecule has 0 aromatic heterocycles. The van der Waals surface area contributed by atoms with Crippen LogP contribution >= 0.6 is 12.4 Å². The molecule has 0 heterocycles. The fourth-order valence-corrected chi connectivity index (χ4v) is 4.71. The molecule has 13 heavy (non-hydrogen) atoms. The third-order valence-corrected chi connectivity index (χ3v) is 6.67. The first kappa shape index (κ1) is 11.0. The molecule has 0 saturated heterocycles. The van der Waals surface area contributed by atoms with Crippen LogP contribution in [0.4, 0.5) is 0 Å². The summed E-state index contributed by atoms with van der Waals surface area (Å²) in [7, 11) is 0. The van der Waals surface area contributed by atoms with Crippen molar-refractivity contribution in [3.8, 4) is 0 Å². The van der Waals surface area contributed by atoms with Crippen molar-refractivity contribution < 1.29 is 17.9 Å². The van der Waals surface area contributed by atoms with E-state index in [-0.39, 0.29) is 12.4 Å². The normalized spacial score (nSPS) is 18.2. The van der Waals surface area contributed by atoms with E-state index in [9.17, 15) is 0 Å². The van der Waals surface area contributed by atoms with Crippen molar-refractivity contribution in [1.82, 2.24) is 0 Å². The molecule has 2 rings (SSSR count). The Balaban J connectivity index is 0.000000845. The molecule has 0 saturated carbocycles. The molecule has 0 aliphatic heterocycles. The molecule has 0 unspecified atom stereocenters. The van der Waals surface area contributed by atoms with Crippen molar-refractivity contribution in [2.45, 2.75) is 18.1 Å². The molecule has 0 bridgehead atoms. The first-order valence-corrected chi connectivity index (χ1v) is 7.56. The second-order valence-corrected chi connectivity index (χ2v) is 7.23. The van der Waals surface area contributed by atoms with Gasteiger partial charge in [-0.3, -0.25) is 0 Å². The molecule has 0 aromatic rings. The number of hydrogen-bond acceptors (Lipinski definition) is 0. The van der Waals surface area contributed by atoms with Crippen molar-refractivity contribution in [3.05, 3.63) is 44.2 Å². The minimum absolute atomic E-state index is 0. The molecule has 0 spiro atoms. The van der Waals surface area contributed by atoms with Crippen molar-refractivity contribution in [1.29, 1.82) is 0 Å². The molecule has 0 radical (unpaired) electrons. The van der Waals surface area contributed by atoms with E-state index in [0.29, 0.717) is 0 Å². The number of halogens is 1. The number of rotatable bonds is 2. The van der Waals surface area contributed by atoms with Crippen LogP contribution in [-0.2, 0) is 17.9 Å². The summed E-state index contributed by atoms with van der Waals surface area (Å²) in [6, 6.07) is 0. The summed E-state index contributed by atoms with van der Waals surface area (Å²) in [5.41, 5.74) is 0. The zero-order valence-electron chi connectivity index (χ0n) is 7.79. The fraction of sp³-hybridized carbons (Fsp3) is 0.273. The van der Waals surface area contributed by atoms with E-state index in [1.165, 1.54) is 12.8 Å². The Kier molecular flexibility index (Phi) is 4.24. The number of allylic oxidation sites excluding steroid dienone is 8. The van der Waals surface area contributed by atoms with Gasteiger partial charge in [-0.15, -0.1) is 12.4 Å². The zero-order chi connectivity index (χ0) is 8.39. The zero-order valence-corrected chi connectivity index (χ0v) is 10.2. The summed E-state index contributed by atoms with van der Waals surface area (Å²) >= 11 is -0.981. The second-order valence-electron chi connectivity index (χ2n) is 3.27. The minimum atomic E-state index is -0.981. The van der Waals surface area contributed by atoms with Crippen molar-refractivity contribution in [2.24, 2.45) is 0 Å². The standard InChI is InChI=1S/2C5H5.CH3.ClH.Ti/c2*1-2-4-5-3-1;;;/h2*1-3H,4H2;1H3;1H;. The van der Waals surface area contributed by atoms with Crippen LogP contribution in [0, 0.1) is 0 Å². The van der Waals surface area contributed by atoms with Crippen LogP contribution in [0.15, 0.2) is 44.2 Å². The first-order valence-electron chi connectivity index (χ1n) is 4.43. The molecular weight excluding hydrogens is 215 g/mol. The van der Waals surface area contributed by atoms with E-state index >= 15 is 0 Å². The average molecular weight is 230 g/mol.